The number of hydrogen-bond acceptors (Lipinski definition) is 6. The van der Waals surface area contributed by atoms with Crippen LogP contribution in [0.2, 0.25) is 0 Å². The molecule has 0 spiro atoms. The van der Waals surface area contributed by atoms with Crippen LogP contribution >= 0.6 is 0 Å². The van der Waals surface area contributed by atoms with Gasteiger partial charge in [0.25, 0.3) is 0 Å². The van der Waals surface area contributed by atoms with Gasteiger partial charge in [-0.1, -0.05) is 12.5 Å². The van der Waals surface area contributed by atoms with Crippen molar-refractivity contribution in [3.05, 3.63) is 35.9 Å². The SMILES string of the molecule is CS(=O)(=O)c1cccc(S(=O)(=O)N2CCCC2c2nnc3n2CCCCC3)c1. The summed E-state index contributed by atoms with van der Waals surface area (Å²) in [6.07, 6.45) is 6.59. The first-order valence-corrected chi connectivity index (χ1v) is 12.9. The minimum Gasteiger partial charge on any atom is -0.314 e. The van der Waals surface area contributed by atoms with Gasteiger partial charge in [-0.05, 0) is 43.9 Å². The first-order valence-electron chi connectivity index (χ1n) is 9.52. The quantitative estimate of drug-likeness (QED) is 0.743. The van der Waals surface area contributed by atoms with Crippen molar-refractivity contribution in [3.63, 3.8) is 0 Å². The van der Waals surface area contributed by atoms with Crippen molar-refractivity contribution in [2.45, 2.75) is 60.9 Å². The first kappa shape index (κ1) is 19.5. The third-order valence-electron chi connectivity index (χ3n) is 5.48. The van der Waals surface area contributed by atoms with Crippen molar-refractivity contribution < 1.29 is 16.8 Å². The van der Waals surface area contributed by atoms with Crippen LogP contribution in [0.15, 0.2) is 34.1 Å². The minimum absolute atomic E-state index is 0.000617. The molecule has 0 aliphatic carbocycles. The van der Waals surface area contributed by atoms with Gasteiger partial charge in [-0.2, -0.15) is 4.31 Å². The van der Waals surface area contributed by atoms with Crippen molar-refractivity contribution in [2.24, 2.45) is 0 Å². The Hall–Kier alpha value is -1.78. The summed E-state index contributed by atoms with van der Waals surface area (Å²) in [6.45, 7) is 1.20. The molecule has 0 amide bonds. The van der Waals surface area contributed by atoms with Crippen molar-refractivity contribution in [1.29, 1.82) is 0 Å². The number of hydrogen-bond donors (Lipinski definition) is 0. The Bertz CT molecular complexity index is 1090. The molecule has 0 radical (unpaired) electrons. The highest BCUT2D eigenvalue weighted by atomic mass is 32.2. The Morgan fingerprint density at radius 3 is 2.54 bits per heavy atom. The van der Waals surface area contributed by atoms with Gasteiger partial charge >= 0.3 is 0 Å². The summed E-state index contributed by atoms with van der Waals surface area (Å²) in [5.41, 5.74) is 0. The maximum Gasteiger partial charge on any atom is 0.243 e. The summed E-state index contributed by atoms with van der Waals surface area (Å²) in [7, 11) is -7.34. The number of benzene rings is 1. The van der Waals surface area contributed by atoms with Gasteiger partial charge in [0.15, 0.2) is 15.7 Å². The Labute approximate surface area is 165 Å². The van der Waals surface area contributed by atoms with Gasteiger partial charge in [0.2, 0.25) is 10.0 Å². The van der Waals surface area contributed by atoms with Crippen LogP contribution in [-0.2, 0) is 32.8 Å². The van der Waals surface area contributed by atoms with Gasteiger partial charge in [0.1, 0.15) is 5.82 Å². The number of sulfonamides is 1. The Morgan fingerprint density at radius 1 is 0.964 bits per heavy atom. The molecule has 2 aliphatic rings. The van der Waals surface area contributed by atoms with Crippen LogP contribution in [0.5, 0.6) is 0 Å². The molecule has 0 N–H and O–H groups in total. The molecule has 4 rings (SSSR count). The molecular formula is C18H24N4O4S2. The van der Waals surface area contributed by atoms with E-state index in [4.69, 9.17) is 0 Å². The second-order valence-electron chi connectivity index (χ2n) is 7.46. The summed E-state index contributed by atoms with van der Waals surface area (Å²) >= 11 is 0. The highest BCUT2D eigenvalue weighted by molar-refractivity contribution is 7.91. The Balaban J connectivity index is 1.72. The number of sulfone groups is 1. The van der Waals surface area contributed by atoms with E-state index < -0.39 is 19.9 Å². The monoisotopic (exact) mass is 424 g/mol. The largest absolute Gasteiger partial charge is 0.314 e. The van der Waals surface area contributed by atoms with Crippen LogP contribution in [0.3, 0.4) is 0 Å². The second-order valence-corrected chi connectivity index (χ2v) is 11.4. The third kappa shape index (κ3) is 3.48. The fraction of sp³-hybridized carbons (Fsp3) is 0.556. The van der Waals surface area contributed by atoms with Crippen molar-refractivity contribution in [3.8, 4) is 0 Å². The molecule has 1 aromatic heterocycles. The topological polar surface area (TPSA) is 102 Å². The highest BCUT2D eigenvalue weighted by Crippen LogP contribution is 2.37. The molecule has 152 valence electrons. The zero-order valence-corrected chi connectivity index (χ0v) is 17.4. The molecule has 0 saturated carbocycles. The lowest BCUT2D eigenvalue weighted by molar-refractivity contribution is 0.370. The first-order chi connectivity index (χ1) is 13.3. The normalized spacial score (nSPS) is 21.4. The summed E-state index contributed by atoms with van der Waals surface area (Å²) in [5.74, 6) is 1.63. The Morgan fingerprint density at radius 2 is 1.75 bits per heavy atom. The smallest absolute Gasteiger partial charge is 0.243 e. The van der Waals surface area contributed by atoms with Crippen molar-refractivity contribution in [1.82, 2.24) is 19.1 Å². The molecule has 10 heteroatoms. The average Bonchev–Trinajstić information content (AvgIpc) is 3.22. The maximum atomic E-state index is 13.3. The zero-order chi connectivity index (χ0) is 19.9. The van der Waals surface area contributed by atoms with Crippen LogP contribution in [0, 0.1) is 0 Å². The summed E-state index contributed by atoms with van der Waals surface area (Å²) < 4.78 is 53.9. The lowest BCUT2D eigenvalue weighted by atomic mass is 10.2. The van der Waals surface area contributed by atoms with Gasteiger partial charge in [-0.25, -0.2) is 16.8 Å². The molecule has 2 aliphatic heterocycles. The molecular weight excluding hydrogens is 400 g/mol. The third-order valence-corrected chi connectivity index (χ3v) is 8.49. The van der Waals surface area contributed by atoms with E-state index in [1.165, 1.54) is 28.6 Å². The molecule has 0 bridgehead atoms. The number of fused-ring (bicyclic) bond motifs is 1. The predicted octanol–water partition coefficient (Wildman–Crippen LogP) is 1.93. The zero-order valence-electron chi connectivity index (χ0n) is 15.8. The average molecular weight is 425 g/mol. The standard InChI is InChI=1S/C18H24N4O4S2/c1-27(23,24)14-7-5-8-15(13-14)28(25,26)22-12-6-9-16(22)18-20-19-17-10-3-2-4-11-21(17)18/h5,7-8,13,16H,2-4,6,9-12H2,1H3. The lowest BCUT2D eigenvalue weighted by Gasteiger charge is -2.24. The van der Waals surface area contributed by atoms with Gasteiger partial charge < -0.3 is 4.57 Å². The van der Waals surface area contributed by atoms with E-state index in [0.29, 0.717) is 18.8 Å². The van der Waals surface area contributed by atoms with Crippen LogP contribution in [-0.4, -0.2) is 48.7 Å². The number of aromatic nitrogens is 3. The summed E-state index contributed by atoms with van der Waals surface area (Å²) in [5, 5.41) is 8.66. The van der Waals surface area contributed by atoms with Gasteiger partial charge in [0, 0.05) is 25.8 Å². The molecule has 1 saturated heterocycles. The molecule has 1 aromatic carbocycles. The van der Waals surface area contributed by atoms with Crippen LogP contribution < -0.4 is 0 Å². The highest BCUT2D eigenvalue weighted by Gasteiger charge is 2.39. The number of aryl methyl sites for hydroxylation is 1. The number of rotatable bonds is 4. The van der Waals surface area contributed by atoms with E-state index in [9.17, 15) is 16.8 Å². The molecule has 28 heavy (non-hydrogen) atoms. The van der Waals surface area contributed by atoms with Gasteiger partial charge in [-0.15, -0.1) is 10.2 Å². The maximum absolute atomic E-state index is 13.3. The predicted molar refractivity (Wildman–Crippen MR) is 103 cm³/mol. The lowest BCUT2D eigenvalue weighted by Crippen LogP contribution is -2.32. The van der Waals surface area contributed by atoms with E-state index in [1.807, 2.05) is 0 Å². The molecule has 1 atom stereocenters. The molecule has 1 fully saturated rings. The Kier molecular flexibility index (Phi) is 5.05. The van der Waals surface area contributed by atoms with Crippen LogP contribution in [0.25, 0.3) is 0 Å². The molecule has 8 nitrogen and oxygen atoms in total. The molecule has 1 unspecified atom stereocenters. The number of nitrogens with zero attached hydrogens (tertiary/aromatic N) is 4. The minimum atomic E-state index is -3.84. The van der Waals surface area contributed by atoms with Gasteiger partial charge in [0.05, 0.1) is 15.8 Å². The summed E-state index contributed by atoms with van der Waals surface area (Å²) in [4.78, 5) is -0.00130. The van der Waals surface area contributed by atoms with E-state index in [2.05, 4.69) is 14.8 Å². The van der Waals surface area contributed by atoms with Crippen molar-refractivity contribution >= 4 is 19.9 Å². The second kappa shape index (κ2) is 7.23. The van der Waals surface area contributed by atoms with E-state index in [0.717, 1.165) is 50.7 Å². The molecule has 2 aromatic rings. The van der Waals surface area contributed by atoms with Crippen molar-refractivity contribution in [2.75, 3.05) is 12.8 Å². The summed E-state index contributed by atoms with van der Waals surface area (Å²) in [6, 6.07) is 5.20. The van der Waals surface area contributed by atoms with E-state index in [-0.39, 0.29) is 15.8 Å². The van der Waals surface area contributed by atoms with Crippen LogP contribution in [0.1, 0.15) is 49.8 Å². The van der Waals surface area contributed by atoms with E-state index >= 15 is 0 Å². The molecule has 3 heterocycles. The van der Waals surface area contributed by atoms with Crippen LogP contribution in [0.4, 0.5) is 0 Å². The van der Waals surface area contributed by atoms with Gasteiger partial charge in [-0.3, -0.25) is 0 Å². The fourth-order valence-electron chi connectivity index (χ4n) is 4.04. The van der Waals surface area contributed by atoms with E-state index in [1.54, 1.807) is 0 Å². The fourth-order valence-corrected chi connectivity index (χ4v) is 6.48.